The fraction of sp³-hybridized carbons (Fsp3) is 0.111. The van der Waals surface area contributed by atoms with Gasteiger partial charge in [-0.1, -0.05) is 0 Å². The Labute approximate surface area is 150 Å². The predicted octanol–water partition coefficient (Wildman–Crippen LogP) is 3.99. The average molecular weight is 407 g/mol. The van der Waals surface area contributed by atoms with Gasteiger partial charge in [0.15, 0.2) is 6.61 Å². The minimum atomic E-state index is -0.648. The first-order valence-electron chi connectivity index (χ1n) is 7.25. The first-order valence-corrected chi connectivity index (χ1v) is 8.05. The maximum atomic E-state index is 13.0. The molecule has 0 unspecified atom stereocenters. The Hall–Kier alpha value is -2.67. The van der Waals surface area contributed by atoms with Gasteiger partial charge in [-0.2, -0.15) is 0 Å². The highest BCUT2D eigenvalue weighted by Crippen LogP contribution is 2.26. The largest absolute Gasteiger partial charge is 0.481 e. The lowest BCUT2D eigenvalue weighted by Crippen LogP contribution is -2.17. The monoisotopic (exact) mass is 406 g/mol. The van der Waals surface area contributed by atoms with Gasteiger partial charge in [-0.3, -0.25) is 0 Å². The minimum absolute atomic E-state index is 0.230. The van der Waals surface area contributed by atoms with Crippen LogP contribution in [0.4, 0.5) is 4.39 Å². The second-order valence-corrected chi connectivity index (χ2v) is 6.10. The van der Waals surface area contributed by atoms with Gasteiger partial charge in [0.25, 0.3) is 0 Å². The third-order valence-electron chi connectivity index (χ3n) is 3.39. The zero-order chi connectivity index (χ0) is 18.0. The van der Waals surface area contributed by atoms with Crippen molar-refractivity contribution in [2.45, 2.75) is 6.92 Å². The summed E-state index contributed by atoms with van der Waals surface area (Å²) in [6.07, 6.45) is 0. The number of fused-ring (bicyclic) bond motifs is 1. The summed E-state index contributed by atoms with van der Waals surface area (Å²) in [5, 5.41) is 0.755. The normalized spacial score (nSPS) is 10.7. The van der Waals surface area contributed by atoms with Crippen molar-refractivity contribution in [3.63, 3.8) is 0 Å². The van der Waals surface area contributed by atoms with Gasteiger partial charge in [0.2, 0.25) is 0 Å². The Morgan fingerprint density at radius 3 is 2.76 bits per heavy atom. The SMILES string of the molecule is Cc1cc(=O)oc2cc(OC(=O)COc3ccc(F)cc3Br)ccc12. The Morgan fingerprint density at radius 1 is 1.20 bits per heavy atom. The number of ether oxygens (including phenoxy) is 2. The summed E-state index contributed by atoms with van der Waals surface area (Å²) in [4.78, 5) is 23.3. The molecule has 5 nitrogen and oxygen atoms in total. The van der Waals surface area contributed by atoms with Gasteiger partial charge in [-0.25, -0.2) is 14.0 Å². The van der Waals surface area contributed by atoms with E-state index in [1.54, 1.807) is 19.1 Å². The second-order valence-electron chi connectivity index (χ2n) is 5.24. The molecule has 0 bridgehead atoms. The minimum Gasteiger partial charge on any atom is -0.481 e. The van der Waals surface area contributed by atoms with Gasteiger partial charge in [-0.15, -0.1) is 0 Å². The van der Waals surface area contributed by atoms with Crippen LogP contribution in [0.5, 0.6) is 11.5 Å². The van der Waals surface area contributed by atoms with Gasteiger partial charge in [0.05, 0.1) is 4.47 Å². The summed E-state index contributed by atoms with van der Waals surface area (Å²) in [6, 6.07) is 10.0. The van der Waals surface area contributed by atoms with Crippen LogP contribution in [0.2, 0.25) is 0 Å². The van der Waals surface area contributed by atoms with E-state index in [9.17, 15) is 14.0 Å². The first-order chi connectivity index (χ1) is 11.9. The van der Waals surface area contributed by atoms with Crippen LogP contribution in [0.1, 0.15) is 5.56 Å². The van der Waals surface area contributed by atoms with E-state index in [0.717, 1.165) is 10.9 Å². The van der Waals surface area contributed by atoms with Crippen molar-refractivity contribution in [3.8, 4) is 11.5 Å². The van der Waals surface area contributed by atoms with Crippen molar-refractivity contribution in [3.05, 3.63) is 68.7 Å². The summed E-state index contributed by atoms with van der Waals surface area (Å²) in [5.41, 5.74) is 0.629. The quantitative estimate of drug-likeness (QED) is 0.372. The summed E-state index contributed by atoms with van der Waals surface area (Å²) >= 11 is 3.15. The maximum absolute atomic E-state index is 13.0. The molecule has 0 atom stereocenters. The molecule has 0 aliphatic rings. The molecule has 7 heteroatoms. The van der Waals surface area contributed by atoms with E-state index in [1.807, 2.05) is 0 Å². The van der Waals surface area contributed by atoms with Crippen molar-refractivity contribution in [1.82, 2.24) is 0 Å². The first kappa shape index (κ1) is 17.2. The molecule has 0 fully saturated rings. The molecular formula is C18H12BrFO5. The topological polar surface area (TPSA) is 65.7 Å². The van der Waals surface area contributed by atoms with Crippen LogP contribution in [-0.2, 0) is 4.79 Å². The summed E-state index contributed by atoms with van der Waals surface area (Å²) < 4.78 is 29.0. The van der Waals surface area contributed by atoms with Crippen LogP contribution < -0.4 is 15.1 Å². The number of rotatable bonds is 4. The number of hydrogen-bond acceptors (Lipinski definition) is 5. The molecule has 1 aromatic heterocycles. The Morgan fingerprint density at radius 2 is 2.00 bits per heavy atom. The van der Waals surface area contributed by atoms with Crippen LogP contribution in [0.15, 0.2) is 56.1 Å². The molecule has 0 N–H and O–H groups in total. The predicted molar refractivity (Wildman–Crippen MR) is 92.5 cm³/mol. The van der Waals surface area contributed by atoms with E-state index in [4.69, 9.17) is 13.9 Å². The van der Waals surface area contributed by atoms with Crippen molar-refractivity contribution in [1.29, 1.82) is 0 Å². The zero-order valence-corrected chi connectivity index (χ0v) is 14.6. The fourth-order valence-corrected chi connectivity index (χ4v) is 2.72. The van der Waals surface area contributed by atoms with Crippen molar-refractivity contribution in [2.75, 3.05) is 6.61 Å². The van der Waals surface area contributed by atoms with E-state index in [-0.39, 0.29) is 12.4 Å². The lowest BCUT2D eigenvalue weighted by Gasteiger charge is -2.09. The molecule has 0 aliphatic heterocycles. The highest BCUT2D eigenvalue weighted by atomic mass is 79.9. The molecule has 0 spiro atoms. The van der Waals surface area contributed by atoms with Crippen LogP contribution in [0.25, 0.3) is 11.0 Å². The highest BCUT2D eigenvalue weighted by molar-refractivity contribution is 9.10. The molecule has 0 amide bonds. The smallest absolute Gasteiger partial charge is 0.349 e. The molecule has 0 saturated carbocycles. The van der Waals surface area contributed by atoms with Crippen LogP contribution >= 0.6 is 15.9 Å². The molecule has 2 aromatic carbocycles. The lowest BCUT2D eigenvalue weighted by molar-refractivity contribution is -0.136. The van der Waals surface area contributed by atoms with E-state index < -0.39 is 17.4 Å². The fourth-order valence-electron chi connectivity index (χ4n) is 2.26. The lowest BCUT2D eigenvalue weighted by atomic mass is 10.1. The highest BCUT2D eigenvalue weighted by Gasteiger charge is 2.10. The number of esters is 1. The second kappa shape index (κ2) is 7.06. The number of hydrogen-bond donors (Lipinski definition) is 0. The summed E-state index contributed by atoms with van der Waals surface area (Å²) in [5.74, 6) is -0.521. The number of carbonyl (C=O) groups excluding carboxylic acids is 1. The summed E-state index contributed by atoms with van der Waals surface area (Å²) in [7, 11) is 0. The molecule has 128 valence electrons. The number of halogens is 2. The van der Waals surface area contributed by atoms with Crippen molar-refractivity contribution in [2.24, 2.45) is 0 Å². The van der Waals surface area contributed by atoms with E-state index in [2.05, 4.69) is 15.9 Å². The molecule has 0 radical (unpaired) electrons. The zero-order valence-electron chi connectivity index (χ0n) is 13.0. The van der Waals surface area contributed by atoms with E-state index >= 15 is 0 Å². The van der Waals surface area contributed by atoms with Crippen LogP contribution in [0.3, 0.4) is 0 Å². The molecule has 0 saturated heterocycles. The Bertz CT molecular complexity index is 1010. The van der Waals surface area contributed by atoms with E-state index in [0.29, 0.717) is 15.8 Å². The molecule has 3 aromatic rings. The Kier molecular flexibility index (Phi) is 4.85. The van der Waals surface area contributed by atoms with Crippen molar-refractivity contribution >= 4 is 32.9 Å². The number of aryl methyl sites for hydroxylation is 1. The third kappa shape index (κ3) is 4.06. The van der Waals surface area contributed by atoms with Gasteiger partial charge < -0.3 is 13.9 Å². The average Bonchev–Trinajstić information content (AvgIpc) is 2.53. The maximum Gasteiger partial charge on any atom is 0.349 e. The van der Waals surface area contributed by atoms with Crippen molar-refractivity contribution < 1.29 is 23.1 Å². The molecule has 25 heavy (non-hydrogen) atoms. The van der Waals surface area contributed by atoms with Gasteiger partial charge in [0.1, 0.15) is 22.9 Å². The Balaban J connectivity index is 1.70. The van der Waals surface area contributed by atoms with Crippen LogP contribution in [-0.4, -0.2) is 12.6 Å². The molecule has 3 rings (SSSR count). The summed E-state index contributed by atoms with van der Waals surface area (Å²) in [6.45, 7) is 1.43. The molecule has 0 aliphatic carbocycles. The van der Waals surface area contributed by atoms with Crippen LogP contribution in [0, 0.1) is 12.7 Å². The molecular weight excluding hydrogens is 395 g/mol. The third-order valence-corrected chi connectivity index (χ3v) is 4.01. The van der Waals surface area contributed by atoms with Gasteiger partial charge in [0, 0.05) is 17.5 Å². The van der Waals surface area contributed by atoms with E-state index in [1.165, 1.54) is 30.3 Å². The number of carbonyl (C=O) groups is 1. The molecule has 1 heterocycles. The standard InChI is InChI=1S/C18H12BrFO5/c1-10-6-17(21)25-16-8-12(3-4-13(10)16)24-18(22)9-23-15-5-2-11(20)7-14(15)19/h2-8H,9H2,1H3. The number of benzene rings is 2. The van der Waals surface area contributed by atoms with Gasteiger partial charge >= 0.3 is 11.6 Å². The van der Waals surface area contributed by atoms with Gasteiger partial charge in [-0.05, 0) is 58.7 Å².